The highest BCUT2D eigenvalue weighted by atomic mass is 16.5. The number of allylic oxidation sites excluding steroid dienone is 2. The first-order valence-corrected chi connectivity index (χ1v) is 18.6. The Hall–Kier alpha value is -0.910. The molecule has 9 atom stereocenters. The Morgan fingerprint density at radius 1 is 0.886 bits per heavy atom. The van der Waals surface area contributed by atoms with Crippen molar-refractivity contribution in [1.29, 1.82) is 0 Å². The summed E-state index contributed by atoms with van der Waals surface area (Å²) in [6.45, 7) is 20.9. The van der Waals surface area contributed by atoms with Gasteiger partial charge in [0.05, 0.1) is 24.2 Å². The zero-order valence-electron chi connectivity index (χ0n) is 29.4. The number of esters is 1. The predicted molar refractivity (Wildman–Crippen MR) is 177 cm³/mol. The molecule has 4 saturated carbocycles. The van der Waals surface area contributed by atoms with Crippen molar-refractivity contribution < 1.29 is 19.7 Å². The summed E-state index contributed by atoms with van der Waals surface area (Å²) in [4.78, 5) is 16.8. The number of carbonyl (C=O) groups excluding carboxylic acids is 1. The van der Waals surface area contributed by atoms with E-state index in [4.69, 9.17) is 4.74 Å². The number of fused-ring (bicyclic) bond motifs is 7. The van der Waals surface area contributed by atoms with Gasteiger partial charge in [-0.15, -0.1) is 0 Å². The molecule has 5 aliphatic carbocycles. The molecule has 5 fully saturated rings. The molecule has 5 heteroatoms. The van der Waals surface area contributed by atoms with Crippen molar-refractivity contribution in [3.8, 4) is 0 Å². The highest BCUT2D eigenvalue weighted by Gasteiger charge is 2.70. The molecule has 6 aliphatic rings. The van der Waals surface area contributed by atoms with Crippen LogP contribution in [0.5, 0.6) is 0 Å². The van der Waals surface area contributed by atoms with Crippen LogP contribution in [0.2, 0.25) is 0 Å². The van der Waals surface area contributed by atoms with Crippen molar-refractivity contribution in [2.45, 2.75) is 151 Å². The Balaban J connectivity index is 1.24. The molecule has 0 aromatic heterocycles. The quantitative estimate of drug-likeness (QED) is 0.181. The lowest BCUT2D eigenvalue weighted by molar-refractivity contribution is -0.232. The van der Waals surface area contributed by atoms with Gasteiger partial charge >= 0.3 is 5.97 Å². The second-order valence-electron chi connectivity index (χ2n) is 18.7. The van der Waals surface area contributed by atoms with Gasteiger partial charge in [-0.3, -0.25) is 4.79 Å². The van der Waals surface area contributed by atoms with Crippen molar-refractivity contribution in [2.75, 3.05) is 26.2 Å². The molecule has 0 aromatic carbocycles. The Morgan fingerprint density at radius 3 is 2.32 bits per heavy atom. The first kappa shape index (κ1) is 33.0. The van der Waals surface area contributed by atoms with Crippen molar-refractivity contribution in [2.24, 2.45) is 50.2 Å². The second kappa shape index (κ2) is 11.4. The van der Waals surface area contributed by atoms with E-state index >= 15 is 0 Å². The van der Waals surface area contributed by atoms with Crippen LogP contribution in [0, 0.1) is 50.2 Å². The molecule has 44 heavy (non-hydrogen) atoms. The number of rotatable bonds is 6. The standard InChI is InChI=1S/C39H65NO4/c1-34(2)17-19-39(33(43)44-24-12-11-23-40-21-9-8-10-22-40)20-18-37(6)27(28(39)25-34)13-14-31-36(5)26-29(41)32(42)35(3,4)30(36)15-16-38(31,37)7/h13,28-32,41-42H,8-12,14-26H2,1-7H3/t28-,29+,30-,31+,32-,36-,37+,38+,39-/m0/s1. The number of unbranched alkanes of at least 4 members (excludes halogenated alkanes) is 1. The molecule has 1 saturated heterocycles. The Bertz CT molecular complexity index is 1120. The van der Waals surface area contributed by atoms with Crippen LogP contribution in [0.3, 0.4) is 0 Å². The fourth-order valence-corrected chi connectivity index (χ4v) is 12.7. The molecule has 0 aromatic rings. The number of aliphatic hydroxyl groups is 2. The summed E-state index contributed by atoms with van der Waals surface area (Å²) in [6, 6.07) is 0. The number of nitrogens with zero attached hydrogens (tertiary/aromatic N) is 1. The second-order valence-corrected chi connectivity index (χ2v) is 18.7. The van der Waals surface area contributed by atoms with E-state index in [1.54, 1.807) is 5.57 Å². The third kappa shape index (κ3) is 4.99. The topological polar surface area (TPSA) is 70.0 Å². The molecule has 0 unspecified atom stereocenters. The van der Waals surface area contributed by atoms with E-state index in [2.05, 4.69) is 59.4 Å². The number of ether oxygens (including phenoxy) is 1. The predicted octanol–water partition coefficient (Wildman–Crippen LogP) is 7.93. The van der Waals surface area contributed by atoms with E-state index < -0.39 is 12.2 Å². The van der Waals surface area contributed by atoms with Crippen molar-refractivity contribution >= 4 is 5.97 Å². The lowest BCUT2D eigenvalue weighted by Crippen LogP contribution is -2.67. The zero-order chi connectivity index (χ0) is 31.8. The number of likely N-dealkylation sites (tertiary alicyclic amines) is 1. The van der Waals surface area contributed by atoms with Gasteiger partial charge in [0.2, 0.25) is 0 Å². The third-order valence-electron chi connectivity index (χ3n) is 15.5. The fraction of sp³-hybridized carbons (Fsp3) is 0.923. The van der Waals surface area contributed by atoms with Gasteiger partial charge in [-0.2, -0.15) is 0 Å². The normalized spacial score (nSPS) is 46.5. The van der Waals surface area contributed by atoms with Crippen LogP contribution in [0.4, 0.5) is 0 Å². The van der Waals surface area contributed by atoms with Crippen LogP contribution in [0.15, 0.2) is 11.6 Å². The number of carbonyl (C=O) groups is 1. The maximum absolute atomic E-state index is 14.2. The lowest BCUT2D eigenvalue weighted by atomic mass is 9.33. The molecule has 1 heterocycles. The van der Waals surface area contributed by atoms with Gasteiger partial charge in [-0.1, -0.05) is 66.5 Å². The van der Waals surface area contributed by atoms with Crippen molar-refractivity contribution in [1.82, 2.24) is 4.90 Å². The lowest BCUT2D eigenvalue weighted by Gasteiger charge is -2.71. The van der Waals surface area contributed by atoms with Gasteiger partial charge in [-0.25, -0.2) is 0 Å². The van der Waals surface area contributed by atoms with Crippen LogP contribution >= 0.6 is 0 Å². The highest BCUT2D eigenvalue weighted by Crippen LogP contribution is 2.75. The van der Waals surface area contributed by atoms with E-state index in [-0.39, 0.29) is 44.4 Å². The number of aliphatic hydroxyl groups excluding tert-OH is 2. The highest BCUT2D eigenvalue weighted by molar-refractivity contribution is 5.78. The molecular weight excluding hydrogens is 546 g/mol. The minimum atomic E-state index is -0.667. The average molecular weight is 612 g/mol. The maximum Gasteiger partial charge on any atom is 0.312 e. The monoisotopic (exact) mass is 611 g/mol. The summed E-state index contributed by atoms with van der Waals surface area (Å²) in [5.74, 6) is 1.20. The minimum Gasteiger partial charge on any atom is -0.465 e. The zero-order valence-corrected chi connectivity index (χ0v) is 29.4. The smallest absolute Gasteiger partial charge is 0.312 e. The number of hydrogen-bond acceptors (Lipinski definition) is 5. The fourth-order valence-electron chi connectivity index (χ4n) is 12.7. The van der Waals surface area contributed by atoms with Gasteiger partial charge in [0.15, 0.2) is 0 Å². The molecule has 0 bridgehead atoms. The molecule has 0 radical (unpaired) electrons. The molecule has 0 spiro atoms. The summed E-state index contributed by atoms with van der Waals surface area (Å²) < 4.78 is 6.24. The van der Waals surface area contributed by atoms with E-state index in [0.717, 1.165) is 70.8 Å². The Kier molecular flexibility index (Phi) is 8.52. The first-order chi connectivity index (χ1) is 20.6. The maximum atomic E-state index is 14.2. The average Bonchev–Trinajstić information content (AvgIpc) is 2.96. The van der Waals surface area contributed by atoms with E-state index in [1.165, 1.54) is 32.4 Å². The van der Waals surface area contributed by atoms with E-state index in [9.17, 15) is 15.0 Å². The van der Waals surface area contributed by atoms with Gasteiger partial charge in [0.25, 0.3) is 0 Å². The SMILES string of the molecule is CC1(C)CC[C@]2(C(=O)OCCCCN3CCCCC3)CC[C@]3(C)C(=CC[C@@H]4[C@@]5(C)C[C@@H](O)[C@H](O)C(C)(C)[C@@H]5CC[C@]43C)[C@@H]2C1. The van der Waals surface area contributed by atoms with E-state index in [1.807, 2.05) is 0 Å². The Labute approximate surface area is 269 Å². The van der Waals surface area contributed by atoms with Crippen LogP contribution < -0.4 is 0 Å². The molecule has 2 N–H and O–H groups in total. The minimum absolute atomic E-state index is 0.0202. The molecule has 0 amide bonds. The summed E-state index contributed by atoms with van der Waals surface area (Å²) in [5.41, 5.74) is 1.22. The van der Waals surface area contributed by atoms with Crippen LogP contribution in [-0.2, 0) is 9.53 Å². The molecule has 5 nitrogen and oxygen atoms in total. The molecule has 1 aliphatic heterocycles. The number of piperidine rings is 1. The third-order valence-corrected chi connectivity index (χ3v) is 15.5. The van der Waals surface area contributed by atoms with Crippen LogP contribution in [-0.4, -0.2) is 59.5 Å². The van der Waals surface area contributed by atoms with Crippen molar-refractivity contribution in [3.05, 3.63) is 11.6 Å². The number of hydrogen-bond donors (Lipinski definition) is 2. The Morgan fingerprint density at radius 2 is 1.59 bits per heavy atom. The van der Waals surface area contributed by atoms with Gasteiger partial charge in [-0.05, 0) is 148 Å². The largest absolute Gasteiger partial charge is 0.465 e. The first-order valence-electron chi connectivity index (χ1n) is 18.6. The molecule has 250 valence electrons. The van der Waals surface area contributed by atoms with E-state index in [0.29, 0.717) is 24.9 Å². The summed E-state index contributed by atoms with van der Waals surface area (Å²) in [7, 11) is 0. The van der Waals surface area contributed by atoms with Crippen LogP contribution in [0.25, 0.3) is 0 Å². The summed E-state index contributed by atoms with van der Waals surface area (Å²) >= 11 is 0. The van der Waals surface area contributed by atoms with Crippen LogP contribution in [0.1, 0.15) is 138 Å². The van der Waals surface area contributed by atoms with Gasteiger partial charge in [0, 0.05) is 0 Å². The molecular formula is C39H65NO4. The van der Waals surface area contributed by atoms with Gasteiger partial charge in [0.1, 0.15) is 0 Å². The van der Waals surface area contributed by atoms with Gasteiger partial charge < -0.3 is 19.8 Å². The molecule has 6 rings (SSSR count). The summed E-state index contributed by atoms with van der Waals surface area (Å²) in [5, 5.41) is 22.2. The summed E-state index contributed by atoms with van der Waals surface area (Å²) in [6.07, 6.45) is 16.4. The van der Waals surface area contributed by atoms with Crippen molar-refractivity contribution in [3.63, 3.8) is 0 Å².